The van der Waals surface area contributed by atoms with Gasteiger partial charge in [-0.05, 0) is 58.0 Å². The van der Waals surface area contributed by atoms with Crippen molar-refractivity contribution in [2.75, 3.05) is 60.5 Å². The second kappa shape index (κ2) is 11.8. The number of methoxy groups -OCH3 is 1. The molecule has 1 heterocycles. The second-order valence-electron chi connectivity index (χ2n) is 7.35. The lowest BCUT2D eigenvalue weighted by molar-refractivity contribution is 0.119. The van der Waals surface area contributed by atoms with Crippen molar-refractivity contribution in [3.05, 3.63) is 29.8 Å². The molecule has 1 aliphatic rings. The van der Waals surface area contributed by atoms with Gasteiger partial charge in [0.1, 0.15) is 5.75 Å². The zero-order chi connectivity index (χ0) is 19.5. The molecule has 2 rings (SSSR count). The van der Waals surface area contributed by atoms with E-state index in [1.165, 1.54) is 5.56 Å². The van der Waals surface area contributed by atoms with E-state index in [1.807, 2.05) is 12.1 Å². The molecule has 0 saturated carbocycles. The van der Waals surface area contributed by atoms with Crippen LogP contribution in [0.15, 0.2) is 29.3 Å². The minimum absolute atomic E-state index is 0.495. The molecule has 1 fully saturated rings. The van der Waals surface area contributed by atoms with Gasteiger partial charge in [0, 0.05) is 38.8 Å². The third-order valence-corrected chi connectivity index (χ3v) is 5.13. The predicted octanol–water partition coefficient (Wildman–Crippen LogP) is 1.82. The third-order valence-electron chi connectivity index (χ3n) is 5.13. The Hall–Kier alpha value is -1.79. The lowest BCUT2D eigenvalue weighted by Gasteiger charge is -2.36. The Labute approximate surface area is 165 Å². The van der Waals surface area contributed by atoms with Gasteiger partial charge in [-0.1, -0.05) is 12.1 Å². The number of aryl methyl sites for hydroxylation is 1. The number of guanidine groups is 1. The lowest BCUT2D eigenvalue weighted by Crippen LogP contribution is -2.51. The van der Waals surface area contributed by atoms with E-state index in [4.69, 9.17) is 9.73 Å². The summed E-state index contributed by atoms with van der Waals surface area (Å²) >= 11 is 0. The molecular formula is C21H37N5O. The van der Waals surface area contributed by atoms with E-state index >= 15 is 0 Å². The van der Waals surface area contributed by atoms with Crippen LogP contribution in [0.1, 0.15) is 25.3 Å². The highest BCUT2D eigenvalue weighted by molar-refractivity contribution is 5.79. The van der Waals surface area contributed by atoms with Gasteiger partial charge in [0.15, 0.2) is 5.96 Å². The summed E-state index contributed by atoms with van der Waals surface area (Å²) in [5.41, 5.74) is 1.36. The van der Waals surface area contributed by atoms with Crippen LogP contribution in [0.4, 0.5) is 0 Å². The summed E-state index contributed by atoms with van der Waals surface area (Å²) in [7, 11) is 6.09. The van der Waals surface area contributed by atoms with Gasteiger partial charge in [0.2, 0.25) is 0 Å². The van der Waals surface area contributed by atoms with Crippen LogP contribution in [0.2, 0.25) is 0 Å². The molecule has 1 aliphatic heterocycles. The number of aliphatic imine (C=N–C) groups is 1. The maximum atomic E-state index is 5.20. The summed E-state index contributed by atoms with van der Waals surface area (Å²) in [6, 6.07) is 8.85. The number of nitrogens with zero attached hydrogens (tertiary/aromatic N) is 3. The number of nitrogens with one attached hydrogen (secondary N) is 2. The Morgan fingerprint density at radius 3 is 2.63 bits per heavy atom. The minimum atomic E-state index is 0.495. The average Bonchev–Trinajstić information content (AvgIpc) is 2.68. The smallest absolute Gasteiger partial charge is 0.191 e. The zero-order valence-electron chi connectivity index (χ0n) is 17.5. The monoisotopic (exact) mass is 375 g/mol. The van der Waals surface area contributed by atoms with Crippen molar-refractivity contribution in [1.29, 1.82) is 0 Å². The summed E-state index contributed by atoms with van der Waals surface area (Å²) in [5.74, 6) is 1.85. The first-order valence-electron chi connectivity index (χ1n) is 10.2. The molecular weight excluding hydrogens is 338 g/mol. The summed E-state index contributed by atoms with van der Waals surface area (Å²) in [4.78, 5) is 9.62. The van der Waals surface area contributed by atoms with Crippen LogP contribution < -0.4 is 15.4 Å². The molecule has 0 aliphatic carbocycles. The van der Waals surface area contributed by atoms with E-state index in [1.54, 1.807) is 7.11 Å². The zero-order valence-corrected chi connectivity index (χ0v) is 17.5. The van der Waals surface area contributed by atoms with E-state index in [0.717, 1.165) is 70.2 Å². The fraction of sp³-hybridized carbons (Fsp3) is 0.667. The highest BCUT2D eigenvalue weighted by Crippen LogP contribution is 2.13. The maximum Gasteiger partial charge on any atom is 0.191 e. The molecule has 152 valence electrons. The van der Waals surface area contributed by atoms with Gasteiger partial charge < -0.3 is 20.3 Å². The van der Waals surface area contributed by atoms with Gasteiger partial charge >= 0.3 is 0 Å². The Bertz CT molecular complexity index is 560. The van der Waals surface area contributed by atoms with Gasteiger partial charge in [0.25, 0.3) is 0 Å². The number of hydrogen-bond donors (Lipinski definition) is 2. The Morgan fingerprint density at radius 2 is 1.93 bits per heavy atom. The molecule has 1 unspecified atom stereocenters. The Balaban J connectivity index is 1.70. The fourth-order valence-corrected chi connectivity index (χ4v) is 3.29. The van der Waals surface area contributed by atoms with E-state index < -0.39 is 0 Å². The minimum Gasteiger partial charge on any atom is -0.497 e. The number of hydrogen-bond acceptors (Lipinski definition) is 4. The van der Waals surface area contributed by atoms with Crippen molar-refractivity contribution in [3.63, 3.8) is 0 Å². The van der Waals surface area contributed by atoms with E-state index in [9.17, 15) is 0 Å². The highest BCUT2D eigenvalue weighted by Gasteiger charge is 2.21. The van der Waals surface area contributed by atoms with Crippen molar-refractivity contribution in [1.82, 2.24) is 20.4 Å². The third kappa shape index (κ3) is 7.77. The standard InChI is InChI=1S/C21H37N5O/c1-5-22-21(24-16-19-17-25(2)14-15-26(19)3)23-13-7-6-8-18-9-11-20(27-4)12-10-18/h9-12,19H,5-8,13-17H2,1-4H3,(H2,22,23,24). The molecule has 1 aromatic rings. The number of unbranched alkanes of at least 4 members (excludes halogenated alkanes) is 1. The van der Waals surface area contributed by atoms with Crippen LogP contribution in [0, 0.1) is 0 Å². The van der Waals surface area contributed by atoms with E-state index in [-0.39, 0.29) is 0 Å². The number of piperazine rings is 1. The van der Waals surface area contributed by atoms with Gasteiger partial charge in [0.05, 0.1) is 13.7 Å². The quantitative estimate of drug-likeness (QED) is 0.392. The van der Waals surface area contributed by atoms with Gasteiger partial charge in [-0.2, -0.15) is 0 Å². The summed E-state index contributed by atoms with van der Waals surface area (Å²) in [6.45, 7) is 8.13. The summed E-state index contributed by atoms with van der Waals surface area (Å²) < 4.78 is 5.20. The van der Waals surface area contributed by atoms with E-state index in [2.05, 4.69) is 53.6 Å². The first-order valence-corrected chi connectivity index (χ1v) is 10.2. The molecule has 1 atom stereocenters. The van der Waals surface area contributed by atoms with Crippen molar-refractivity contribution in [2.24, 2.45) is 4.99 Å². The van der Waals surface area contributed by atoms with Crippen LogP contribution in [-0.4, -0.2) is 82.3 Å². The van der Waals surface area contributed by atoms with Crippen molar-refractivity contribution >= 4 is 5.96 Å². The lowest BCUT2D eigenvalue weighted by atomic mass is 10.1. The van der Waals surface area contributed by atoms with Gasteiger partial charge in [-0.3, -0.25) is 9.89 Å². The SMILES string of the molecule is CCNC(=NCC1CN(C)CCN1C)NCCCCc1ccc(OC)cc1. The molecule has 6 heteroatoms. The largest absolute Gasteiger partial charge is 0.497 e. The fourth-order valence-electron chi connectivity index (χ4n) is 3.29. The molecule has 2 N–H and O–H groups in total. The van der Waals surface area contributed by atoms with Crippen molar-refractivity contribution in [2.45, 2.75) is 32.2 Å². The molecule has 1 aromatic carbocycles. The maximum absolute atomic E-state index is 5.20. The first-order chi connectivity index (χ1) is 13.1. The van der Waals surface area contributed by atoms with Crippen molar-refractivity contribution < 1.29 is 4.74 Å². The van der Waals surface area contributed by atoms with Gasteiger partial charge in [-0.15, -0.1) is 0 Å². The Morgan fingerprint density at radius 1 is 1.15 bits per heavy atom. The number of rotatable bonds is 9. The molecule has 6 nitrogen and oxygen atoms in total. The van der Waals surface area contributed by atoms with Gasteiger partial charge in [-0.25, -0.2) is 0 Å². The van der Waals surface area contributed by atoms with Crippen LogP contribution in [0.25, 0.3) is 0 Å². The van der Waals surface area contributed by atoms with Crippen molar-refractivity contribution in [3.8, 4) is 5.75 Å². The van der Waals surface area contributed by atoms with E-state index in [0.29, 0.717) is 6.04 Å². The second-order valence-corrected chi connectivity index (χ2v) is 7.35. The number of ether oxygens (including phenoxy) is 1. The molecule has 0 radical (unpaired) electrons. The molecule has 0 aromatic heterocycles. The highest BCUT2D eigenvalue weighted by atomic mass is 16.5. The van der Waals surface area contributed by atoms with Crippen LogP contribution in [-0.2, 0) is 6.42 Å². The topological polar surface area (TPSA) is 52.1 Å². The molecule has 0 spiro atoms. The number of likely N-dealkylation sites (N-methyl/N-ethyl adjacent to an activating group) is 2. The molecule has 27 heavy (non-hydrogen) atoms. The summed E-state index contributed by atoms with van der Waals surface area (Å²) in [5, 5.41) is 6.84. The predicted molar refractivity (Wildman–Crippen MR) is 114 cm³/mol. The normalized spacial score (nSPS) is 19.1. The Kier molecular flexibility index (Phi) is 9.42. The van der Waals surface area contributed by atoms with Crippen LogP contribution >= 0.6 is 0 Å². The number of benzene rings is 1. The molecule has 0 amide bonds. The van der Waals surface area contributed by atoms with Crippen LogP contribution in [0.5, 0.6) is 5.75 Å². The van der Waals surface area contributed by atoms with Crippen LogP contribution in [0.3, 0.4) is 0 Å². The molecule has 1 saturated heterocycles. The molecule has 0 bridgehead atoms. The first kappa shape index (κ1) is 21.5. The summed E-state index contributed by atoms with van der Waals surface area (Å²) in [6.07, 6.45) is 3.38. The average molecular weight is 376 g/mol.